The maximum absolute atomic E-state index is 11.5. The van der Waals surface area contributed by atoms with E-state index in [2.05, 4.69) is 10.6 Å². The molecule has 0 aromatic heterocycles. The van der Waals surface area contributed by atoms with Crippen molar-refractivity contribution in [3.8, 4) is 0 Å². The van der Waals surface area contributed by atoms with Crippen LogP contribution >= 0.6 is 0 Å². The summed E-state index contributed by atoms with van der Waals surface area (Å²) in [5, 5.41) is 9.97. The summed E-state index contributed by atoms with van der Waals surface area (Å²) >= 11 is 0. The topological polar surface area (TPSA) is 128 Å². The molecule has 23 heavy (non-hydrogen) atoms. The number of ether oxygens (including phenoxy) is 1. The highest BCUT2D eigenvalue weighted by molar-refractivity contribution is 7.89. The van der Waals surface area contributed by atoms with Gasteiger partial charge in [0.2, 0.25) is 10.0 Å². The molecule has 0 heterocycles. The first kappa shape index (κ1) is 19.1. The Bertz CT molecular complexity index is 628. The Hall–Kier alpha value is -1.97. The van der Waals surface area contributed by atoms with Crippen molar-refractivity contribution in [2.75, 3.05) is 26.8 Å². The largest absolute Gasteiger partial charge is 0.385 e. The molecule has 8 nitrogen and oxygen atoms in total. The average Bonchev–Trinajstić information content (AvgIpc) is 2.51. The summed E-state index contributed by atoms with van der Waals surface area (Å²) in [6.45, 7) is 1.14. The van der Waals surface area contributed by atoms with Gasteiger partial charge in [0.1, 0.15) is 0 Å². The van der Waals surface area contributed by atoms with Gasteiger partial charge in [-0.3, -0.25) is 9.59 Å². The number of carbonyl (C=O) groups excluding carboxylic acids is 2. The fourth-order valence-corrected chi connectivity index (χ4v) is 2.26. The number of sulfonamides is 1. The van der Waals surface area contributed by atoms with E-state index in [1.165, 1.54) is 12.1 Å². The first-order valence-corrected chi connectivity index (χ1v) is 8.56. The van der Waals surface area contributed by atoms with Crippen molar-refractivity contribution >= 4 is 21.8 Å². The second-order valence-electron chi connectivity index (χ2n) is 4.80. The van der Waals surface area contributed by atoms with Crippen molar-refractivity contribution in [1.29, 1.82) is 0 Å². The van der Waals surface area contributed by atoms with Crippen molar-refractivity contribution in [2.24, 2.45) is 5.14 Å². The van der Waals surface area contributed by atoms with E-state index in [1.54, 1.807) is 19.2 Å². The Labute approximate surface area is 135 Å². The van der Waals surface area contributed by atoms with Gasteiger partial charge >= 0.3 is 11.8 Å². The molecule has 1 aromatic carbocycles. The highest BCUT2D eigenvalue weighted by atomic mass is 32.2. The summed E-state index contributed by atoms with van der Waals surface area (Å²) in [5.74, 6) is -1.39. The lowest BCUT2D eigenvalue weighted by atomic mass is 10.1. The number of hydrogen-bond donors (Lipinski definition) is 3. The average molecular weight is 343 g/mol. The Morgan fingerprint density at radius 3 is 2.17 bits per heavy atom. The summed E-state index contributed by atoms with van der Waals surface area (Å²) < 4.78 is 27.1. The van der Waals surface area contributed by atoms with E-state index < -0.39 is 21.8 Å². The van der Waals surface area contributed by atoms with Gasteiger partial charge in [0.15, 0.2) is 0 Å². The third kappa shape index (κ3) is 7.22. The van der Waals surface area contributed by atoms with E-state index in [4.69, 9.17) is 9.88 Å². The standard InChI is InChI=1S/C14H21N3O5S/c1-22-10-2-8-16-13(18)14(19)17-9-7-11-3-5-12(6-4-11)23(15,20)21/h3-6H,2,7-10H2,1H3,(H,16,18)(H,17,19)(H2,15,20,21). The van der Waals surface area contributed by atoms with Crippen LogP contribution in [-0.4, -0.2) is 47.0 Å². The summed E-state index contributed by atoms with van der Waals surface area (Å²) in [7, 11) is -2.15. The maximum Gasteiger partial charge on any atom is 0.309 e. The van der Waals surface area contributed by atoms with Gasteiger partial charge in [-0.2, -0.15) is 0 Å². The maximum atomic E-state index is 11.5. The van der Waals surface area contributed by atoms with Crippen LogP contribution < -0.4 is 15.8 Å². The van der Waals surface area contributed by atoms with Crippen LogP contribution in [0.5, 0.6) is 0 Å². The van der Waals surface area contributed by atoms with Gasteiger partial charge in [-0.25, -0.2) is 13.6 Å². The van der Waals surface area contributed by atoms with E-state index in [-0.39, 0.29) is 11.4 Å². The molecule has 0 radical (unpaired) electrons. The zero-order chi connectivity index (χ0) is 17.3. The number of carbonyl (C=O) groups is 2. The number of hydrogen-bond acceptors (Lipinski definition) is 5. The Morgan fingerprint density at radius 1 is 1.09 bits per heavy atom. The van der Waals surface area contributed by atoms with Gasteiger partial charge in [-0.1, -0.05) is 12.1 Å². The molecule has 0 saturated carbocycles. The molecule has 0 aliphatic rings. The molecule has 1 rings (SSSR count). The molecule has 128 valence electrons. The molecule has 1 aromatic rings. The third-order valence-corrected chi connectivity index (χ3v) is 3.90. The highest BCUT2D eigenvalue weighted by Gasteiger charge is 2.12. The van der Waals surface area contributed by atoms with E-state index in [9.17, 15) is 18.0 Å². The van der Waals surface area contributed by atoms with E-state index in [1.807, 2.05) is 0 Å². The van der Waals surface area contributed by atoms with Crippen molar-refractivity contribution in [2.45, 2.75) is 17.7 Å². The molecular formula is C14H21N3O5S. The van der Waals surface area contributed by atoms with Gasteiger partial charge in [0.05, 0.1) is 4.90 Å². The highest BCUT2D eigenvalue weighted by Crippen LogP contribution is 2.08. The van der Waals surface area contributed by atoms with Crippen LogP contribution in [0.25, 0.3) is 0 Å². The summed E-state index contributed by atoms with van der Waals surface area (Å²) in [6, 6.07) is 6.01. The fourth-order valence-electron chi connectivity index (χ4n) is 1.75. The molecule has 4 N–H and O–H groups in total. The molecule has 2 amide bonds. The Balaban J connectivity index is 2.33. The van der Waals surface area contributed by atoms with Gasteiger partial charge < -0.3 is 15.4 Å². The number of nitrogens with two attached hydrogens (primary N) is 1. The Morgan fingerprint density at radius 2 is 1.65 bits per heavy atom. The molecule has 0 bridgehead atoms. The van der Waals surface area contributed by atoms with Crippen LogP contribution in [0.1, 0.15) is 12.0 Å². The van der Waals surface area contributed by atoms with Crippen molar-refractivity contribution in [3.05, 3.63) is 29.8 Å². The number of nitrogens with one attached hydrogen (secondary N) is 2. The molecule has 0 spiro atoms. The number of amides is 2. The molecule has 0 aliphatic heterocycles. The quantitative estimate of drug-likeness (QED) is 0.418. The molecule has 0 fully saturated rings. The molecular weight excluding hydrogens is 322 g/mol. The lowest BCUT2D eigenvalue weighted by molar-refractivity contribution is -0.139. The minimum Gasteiger partial charge on any atom is -0.385 e. The SMILES string of the molecule is COCCCNC(=O)C(=O)NCCc1ccc(S(N)(=O)=O)cc1. The lowest BCUT2D eigenvalue weighted by Gasteiger charge is -2.07. The number of primary sulfonamides is 1. The Kier molecular flexibility index (Phi) is 7.66. The first-order valence-electron chi connectivity index (χ1n) is 7.01. The minimum absolute atomic E-state index is 0.0284. The number of benzene rings is 1. The normalized spacial score (nSPS) is 11.0. The van der Waals surface area contributed by atoms with Crippen LogP contribution in [0.2, 0.25) is 0 Å². The van der Waals surface area contributed by atoms with Crippen LogP contribution in [-0.2, 0) is 30.8 Å². The summed E-state index contributed by atoms with van der Waals surface area (Å²) in [6.07, 6.45) is 1.10. The predicted molar refractivity (Wildman–Crippen MR) is 84.0 cm³/mol. The van der Waals surface area contributed by atoms with Gasteiger partial charge in [-0.05, 0) is 30.5 Å². The van der Waals surface area contributed by atoms with E-state index in [0.29, 0.717) is 26.0 Å². The monoisotopic (exact) mass is 343 g/mol. The zero-order valence-electron chi connectivity index (χ0n) is 12.9. The number of methoxy groups -OCH3 is 1. The van der Waals surface area contributed by atoms with Gasteiger partial charge in [-0.15, -0.1) is 0 Å². The van der Waals surface area contributed by atoms with Crippen LogP contribution in [0.15, 0.2) is 29.2 Å². The molecule has 0 atom stereocenters. The fraction of sp³-hybridized carbons (Fsp3) is 0.429. The molecule has 0 unspecified atom stereocenters. The van der Waals surface area contributed by atoms with Gasteiger partial charge in [0.25, 0.3) is 0 Å². The summed E-state index contributed by atoms with van der Waals surface area (Å²) in [4.78, 5) is 23.0. The second-order valence-corrected chi connectivity index (χ2v) is 6.36. The molecule has 0 saturated heterocycles. The second kappa shape index (κ2) is 9.23. The smallest absolute Gasteiger partial charge is 0.309 e. The van der Waals surface area contributed by atoms with Crippen molar-refractivity contribution < 1.29 is 22.7 Å². The van der Waals surface area contributed by atoms with E-state index >= 15 is 0 Å². The van der Waals surface area contributed by atoms with E-state index in [0.717, 1.165) is 5.56 Å². The summed E-state index contributed by atoms with van der Waals surface area (Å²) in [5.41, 5.74) is 0.818. The van der Waals surface area contributed by atoms with Crippen molar-refractivity contribution in [3.63, 3.8) is 0 Å². The molecule has 0 aliphatic carbocycles. The van der Waals surface area contributed by atoms with Crippen LogP contribution in [0.4, 0.5) is 0 Å². The predicted octanol–water partition coefficient (Wildman–Crippen LogP) is -0.855. The van der Waals surface area contributed by atoms with Crippen molar-refractivity contribution in [1.82, 2.24) is 10.6 Å². The van der Waals surface area contributed by atoms with Gasteiger partial charge in [0, 0.05) is 26.8 Å². The number of rotatable bonds is 8. The van der Waals surface area contributed by atoms with Crippen LogP contribution in [0, 0.1) is 0 Å². The third-order valence-electron chi connectivity index (χ3n) is 2.97. The minimum atomic E-state index is -3.71. The van der Waals surface area contributed by atoms with Crippen LogP contribution in [0.3, 0.4) is 0 Å². The lowest BCUT2D eigenvalue weighted by Crippen LogP contribution is -2.41. The molecule has 9 heteroatoms. The first-order chi connectivity index (χ1) is 10.8. The zero-order valence-corrected chi connectivity index (χ0v) is 13.7.